The molecule has 1 unspecified atom stereocenters. The van der Waals surface area contributed by atoms with Crippen LogP contribution in [0.1, 0.15) is 75.5 Å². The summed E-state index contributed by atoms with van der Waals surface area (Å²) in [7, 11) is 0. The first-order chi connectivity index (χ1) is 12.7. The van der Waals surface area contributed by atoms with Crippen LogP contribution in [0, 0.1) is 11.8 Å². The van der Waals surface area contributed by atoms with Gasteiger partial charge in [-0.3, -0.25) is 4.79 Å². The molecule has 5 rings (SSSR count). The van der Waals surface area contributed by atoms with Crippen molar-refractivity contribution in [2.45, 2.75) is 75.8 Å². The maximum absolute atomic E-state index is 11.7. The van der Waals surface area contributed by atoms with Crippen molar-refractivity contribution in [1.29, 1.82) is 0 Å². The zero-order valence-electron chi connectivity index (χ0n) is 16.0. The number of amides is 1. The number of carbonyl (C=O) groups excluding carboxylic acids is 1. The summed E-state index contributed by atoms with van der Waals surface area (Å²) in [4.78, 5) is 14.5. The molecule has 1 aliphatic heterocycles. The van der Waals surface area contributed by atoms with Crippen molar-refractivity contribution in [3.8, 4) is 0 Å². The van der Waals surface area contributed by atoms with Crippen LogP contribution in [-0.4, -0.2) is 29.9 Å². The number of hydrogen-bond acceptors (Lipinski definition) is 2. The fourth-order valence-electron chi connectivity index (χ4n) is 6.77. The molecule has 1 aromatic rings. The number of piperidine rings is 1. The molecule has 4 aliphatic rings. The van der Waals surface area contributed by atoms with Gasteiger partial charge >= 0.3 is 0 Å². The number of nitrogens with one attached hydrogen (secondary N) is 1. The van der Waals surface area contributed by atoms with E-state index < -0.39 is 0 Å². The third-order valence-corrected chi connectivity index (χ3v) is 8.11. The molecule has 1 heterocycles. The van der Waals surface area contributed by atoms with Crippen LogP contribution < -0.4 is 5.32 Å². The topological polar surface area (TPSA) is 32.3 Å². The van der Waals surface area contributed by atoms with E-state index in [-0.39, 0.29) is 17.4 Å². The molecule has 3 nitrogen and oxygen atoms in total. The number of hydrogen-bond donors (Lipinski definition) is 1. The Hall–Kier alpha value is -1.35. The molecule has 0 aromatic heterocycles. The largest absolute Gasteiger partial charge is 0.349 e. The van der Waals surface area contributed by atoms with Gasteiger partial charge in [-0.25, -0.2) is 0 Å². The van der Waals surface area contributed by atoms with Crippen LogP contribution in [0.3, 0.4) is 0 Å². The Kier molecular flexibility index (Phi) is 4.11. The summed E-state index contributed by atoms with van der Waals surface area (Å²) < 4.78 is 0. The van der Waals surface area contributed by atoms with Crippen LogP contribution in [0.5, 0.6) is 0 Å². The quantitative estimate of drug-likeness (QED) is 0.866. The first-order valence-electron chi connectivity index (χ1n) is 10.8. The fraction of sp³-hybridized carbons (Fsp3) is 0.696. The van der Waals surface area contributed by atoms with Gasteiger partial charge in [0.25, 0.3) is 0 Å². The minimum absolute atomic E-state index is 0.0945. The van der Waals surface area contributed by atoms with Gasteiger partial charge in [-0.2, -0.15) is 0 Å². The first-order valence-corrected chi connectivity index (χ1v) is 10.8. The van der Waals surface area contributed by atoms with Gasteiger partial charge in [-0.15, -0.1) is 0 Å². The van der Waals surface area contributed by atoms with Crippen LogP contribution in [0.25, 0.3) is 0 Å². The van der Waals surface area contributed by atoms with Crippen LogP contribution in [0.4, 0.5) is 0 Å². The Labute approximate surface area is 157 Å². The molecule has 1 aromatic carbocycles. The molecule has 3 fully saturated rings. The van der Waals surface area contributed by atoms with Crippen molar-refractivity contribution in [2.24, 2.45) is 11.8 Å². The lowest BCUT2D eigenvalue weighted by atomic mass is 9.61. The van der Waals surface area contributed by atoms with Gasteiger partial charge in [-0.1, -0.05) is 43.5 Å². The Morgan fingerprint density at radius 1 is 1.15 bits per heavy atom. The van der Waals surface area contributed by atoms with Crippen molar-refractivity contribution >= 4 is 5.91 Å². The average Bonchev–Trinajstić information content (AvgIpc) is 2.91. The molecule has 1 spiro atoms. The highest BCUT2D eigenvalue weighted by atomic mass is 16.1. The number of carbonyl (C=O) groups is 1. The van der Waals surface area contributed by atoms with Gasteiger partial charge in [-0.05, 0) is 68.2 Å². The van der Waals surface area contributed by atoms with Gasteiger partial charge in [0.05, 0.1) is 6.04 Å². The van der Waals surface area contributed by atoms with Crippen molar-refractivity contribution in [1.82, 2.24) is 10.2 Å². The fourth-order valence-corrected chi connectivity index (χ4v) is 6.77. The summed E-state index contributed by atoms with van der Waals surface area (Å²) in [5.41, 5.74) is 3.17. The molecular formula is C23H32N2O. The van der Waals surface area contributed by atoms with Crippen molar-refractivity contribution in [2.75, 3.05) is 13.1 Å². The Bertz CT molecular complexity index is 691. The van der Waals surface area contributed by atoms with Crippen LogP contribution in [-0.2, 0) is 10.2 Å². The normalized spacial score (nSPS) is 35.4. The highest BCUT2D eigenvalue weighted by Gasteiger charge is 2.49. The van der Waals surface area contributed by atoms with E-state index in [1.165, 1.54) is 69.2 Å². The average molecular weight is 353 g/mol. The SMILES string of the molecule is CC(=O)N[C@@H]1CC2(CCN([C@H]3CC4CCCC[C@@H]43)CC2)c2ccccc21. The predicted octanol–water partition coefficient (Wildman–Crippen LogP) is 4.18. The number of nitrogens with zero attached hydrogens (tertiary/aromatic N) is 1. The lowest BCUT2D eigenvalue weighted by molar-refractivity contribution is -0.119. The van der Waals surface area contributed by atoms with Gasteiger partial charge in [0.1, 0.15) is 0 Å². The second-order valence-electron chi connectivity index (χ2n) is 9.37. The molecule has 1 N–H and O–H groups in total. The van der Waals surface area contributed by atoms with E-state index in [0.29, 0.717) is 0 Å². The maximum atomic E-state index is 11.7. The van der Waals surface area contributed by atoms with E-state index in [0.717, 1.165) is 24.3 Å². The molecule has 2 saturated carbocycles. The van der Waals surface area contributed by atoms with Gasteiger partial charge in [0, 0.05) is 18.4 Å². The van der Waals surface area contributed by atoms with E-state index in [1.807, 2.05) is 0 Å². The molecule has 26 heavy (non-hydrogen) atoms. The molecule has 1 amide bonds. The van der Waals surface area contributed by atoms with Gasteiger partial charge < -0.3 is 10.2 Å². The molecule has 3 aliphatic carbocycles. The summed E-state index contributed by atoms with van der Waals surface area (Å²) in [5.74, 6) is 2.14. The predicted molar refractivity (Wildman–Crippen MR) is 104 cm³/mol. The highest BCUT2D eigenvalue weighted by molar-refractivity contribution is 5.73. The van der Waals surface area contributed by atoms with Crippen LogP contribution in [0.2, 0.25) is 0 Å². The number of fused-ring (bicyclic) bond motifs is 3. The minimum Gasteiger partial charge on any atom is -0.349 e. The lowest BCUT2D eigenvalue weighted by Crippen LogP contribution is -2.57. The van der Waals surface area contributed by atoms with Crippen molar-refractivity contribution < 1.29 is 4.79 Å². The number of benzene rings is 1. The lowest BCUT2D eigenvalue weighted by Gasteiger charge is -2.55. The third kappa shape index (κ3) is 2.62. The Balaban J connectivity index is 1.30. The third-order valence-electron chi connectivity index (χ3n) is 8.11. The van der Waals surface area contributed by atoms with E-state index in [9.17, 15) is 4.79 Å². The smallest absolute Gasteiger partial charge is 0.217 e. The summed E-state index contributed by atoms with van der Waals surface area (Å²) in [6, 6.07) is 9.95. The van der Waals surface area contributed by atoms with E-state index in [4.69, 9.17) is 0 Å². The monoisotopic (exact) mass is 352 g/mol. The molecular weight excluding hydrogens is 320 g/mol. The number of rotatable bonds is 2. The van der Waals surface area contributed by atoms with Crippen LogP contribution >= 0.6 is 0 Å². The standard InChI is InChI=1S/C23H32N2O/c1-16(26)24-21-15-23(20-9-5-4-8-19(20)21)10-12-25(13-11-23)22-14-17-6-2-3-7-18(17)22/h4-5,8-9,17-18,21-22H,2-3,6-7,10-15H2,1H3,(H,24,26)/t17?,18-,21+,22-/m0/s1. The minimum atomic E-state index is 0.0945. The summed E-state index contributed by atoms with van der Waals surface area (Å²) in [6.07, 6.45) is 11.0. The summed E-state index contributed by atoms with van der Waals surface area (Å²) in [5, 5.41) is 3.21. The molecule has 0 bridgehead atoms. The molecule has 140 valence electrons. The first kappa shape index (κ1) is 16.8. The van der Waals surface area contributed by atoms with E-state index >= 15 is 0 Å². The van der Waals surface area contributed by atoms with E-state index in [1.54, 1.807) is 6.92 Å². The van der Waals surface area contributed by atoms with Gasteiger partial charge in [0.15, 0.2) is 0 Å². The zero-order valence-corrected chi connectivity index (χ0v) is 16.0. The molecule has 4 atom stereocenters. The van der Waals surface area contributed by atoms with Gasteiger partial charge in [0.2, 0.25) is 5.91 Å². The Morgan fingerprint density at radius 2 is 1.92 bits per heavy atom. The maximum Gasteiger partial charge on any atom is 0.217 e. The second-order valence-corrected chi connectivity index (χ2v) is 9.37. The van der Waals surface area contributed by atoms with Crippen molar-refractivity contribution in [3.05, 3.63) is 35.4 Å². The summed E-state index contributed by atoms with van der Waals surface area (Å²) >= 11 is 0. The van der Waals surface area contributed by atoms with Crippen molar-refractivity contribution in [3.63, 3.8) is 0 Å². The second kappa shape index (κ2) is 6.37. The zero-order chi connectivity index (χ0) is 17.7. The van der Waals surface area contributed by atoms with E-state index in [2.05, 4.69) is 34.5 Å². The highest BCUT2D eigenvalue weighted by Crippen LogP contribution is 2.53. The summed E-state index contributed by atoms with van der Waals surface area (Å²) in [6.45, 7) is 4.14. The number of likely N-dealkylation sites (tertiary alicyclic amines) is 1. The molecule has 0 radical (unpaired) electrons. The molecule has 1 saturated heterocycles. The van der Waals surface area contributed by atoms with Crippen LogP contribution in [0.15, 0.2) is 24.3 Å². The molecule has 3 heteroatoms. The Morgan fingerprint density at radius 3 is 2.69 bits per heavy atom.